The SMILES string of the molecule is CC(=O)OC(=O)COC(=O)CC(CC(=O)OP(=O)(O)OP(=O)(O)O)(O[N+](=O)[O-])C(=O)O.[AlH3].[Ca+2].[Cl-].[Cl-].[Cl-].[H-].[H-].[H-].[H-].[H-].[H-].[K+].[Li+].[Mg+2].[Na+].[Na+].[Na+]. The molecule has 2 atom stereocenters. The Kier molecular flexibility index (Phi) is 76.8. The van der Waals surface area contributed by atoms with Crippen molar-refractivity contribution < 1.29 is 286 Å². The van der Waals surface area contributed by atoms with Gasteiger partial charge in [0.25, 0.3) is 5.09 Å². The van der Waals surface area contributed by atoms with Crippen LogP contribution in [0.2, 0.25) is 0 Å². The number of carboxylic acid groups (broad SMARTS) is 1. The number of nitrogens with zero attached hydrogens (tertiary/aromatic N) is 1. The van der Waals surface area contributed by atoms with Crippen molar-refractivity contribution in [3.63, 3.8) is 0 Å². The van der Waals surface area contributed by atoms with Crippen molar-refractivity contribution in [1.82, 2.24) is 0 Å². The molecule has 218 valence electrons. The van der Waals surface area contributed by atoms with Gasteiger partial charge in [-0.25, -0.2) is 18.7 Å². The summed E-state index contributed by atoms with van der Waals surface area (Å²) < 4.78 is 37.0. The number of esters is 3. The number of hydrogen-bond acceptors (Lipinski definition) is 14. The summed E-state index contributed by atoms with van der Waals surface area (Å²) >= 11 is 0. The van der Waals surface area contributed by atoms with E-state index in [1.54, 1.807) is 0 Å². The molecule has 0 aromatic carbocycles. The van der Waals surface area contributed by atoms with E-state index < -0.39 is 75.6 Å². The van der Waals surface area contributed by atoms with E-state index in [0.29, 0.717) is 0 Å². The van der Waals surface area contributed by atoms with Crippen LogP contribution in [0, 0.1) is 10.1 Å². The molecule has 0 heterocycles. The molecular formula is C10H22AlCaCl3KLiMgNNa3O18P2. The van der Waals surface area contributed by atoms with Crippen LogP contribution in [0.1, 0.15) is 28.3 Å². The Balaban J connectivity index is -0.0000000331. The molecular weight excluding hydrogens is 797 g/mol. The van der Waals surface area contributed by atoms with Crippen LogP contribution < -0.4 is 196 Å². The van der Waals surface area contributed by atoms with E-state index in [1.807, 2.05) is 0 Å². The molecule has 0 amide bonds. The first-order chi connectivity index (χ1) is 13.9. The van der Waals surface area contributed by atoms with Crippen LogP contribution in [0.5, 0.6) is 0 Å². The van der Waals surface area contributed by atoms with E-state index in [4.69, 9.17) is 14.7 Å². The van der Waals surface area contributed by atoms with Gasteiger partial charge in [-0.2, -0.15) is 4.31 Å². The summed E-state index contributed by atoms with van der Waals surface area (Å²) in [6.45, 7) is -0.430. The second-order valence-electron chi connectivity index (χ2n) is 5.10. The number of phosphoric acid groups is 2. The molecule has 0 aliphatic carbocycles. The zero-order valence-electron chi connectivity index (χ0n) is 28.5. The largest absolute Gasteiger partial charge is 2.00 e. The molecule has 0 aromatic heterocycles. The number of halogens is 3. The van der Waals surface area contributed by atoms with Gasteiger partial charge in [-0.05, 0) is 0 Å². The van der Waals surface area contributed by atoms with E-state index in [1.165, 1.54) is 0 Å². The topological polar surface area (TPSA) is 290 Å². The average Bonchev–Trinajstić information content (AvgIpc) is 2.47. The third kappa shape index (κ3) is 41.9. The standard InChI is InChI=1S/C10H13NO18P2.Al.Ca.3ClH.K.Li.Mg.3Na.9H/c1-5(12)26-8(15)4-25-6(13)2-10(9(16)17,28-11(18)19)3-7(14)27-31(23,24)29-30(20,21)22;;;;;;;;;;;;;;;;;;;;/h2-4H2,1H3,(H,16,17)(H,23,24)(H2,20,21,22);;;3*1H;;;;;;;;;;;;;;;/q;;+2;;;;2*+1;+2;3*+1;;;;6*-1/p-3. The van der Waals surface area contributed by atoms with Crippen LogP contribution in [-0.4, -0.2) is 145 Å². The van der Waals surface area contributed by atoms with Gasteiger partial charge in [-0.1, -0.05) is 0 Å². The van der Waals surface area contributed by atoms with Crippen molar-refractivity contribution in [3.8, 4) is 0 Å². The van der Waals surface area contributed by atoms with E-state index in [-0.39, 0.29) is 283 Å². The quantitative estimate of drug-likeness (QED) is 0.0355. The maximum atomic E-state index is 11.7. The fourth-order valence-electron chi connectivity index (χ4n) is 1.62. The van der Waals surface area contributed by atoms with E-state index in [2.05, 4.69) is 23.1 Å². The number of carbonyl (C=O) groups is 5. The van der Waals surface area contributed by atoms with Gasteiger partial charge in [0.15, 0.2) is 24.0 Å². The van der Waals surface area contributed by atoms with Crippen LogP contribution in [-0.2, 0) is 56.2 Å². The molecule has 0 bridgehead atoms. The summed E-state index contributed by atoms with van der Waals surface area (Å²) in [6, 6.07) is 0. The van der Waals surface area contributed by atoms with Gasteiger partial charge in [0.2, 0.25) is 5.60 Å². The zero-order valence-corrected chi connectivity index (χ0v) is 39.3. The molecule has 0 fully saturated rings. The maximum Gasteiger partial charge on any atom is 2.00 e. The van der Waals surface area contributed by atoms with E-state index >= 15 is 0 Å². The van der Waals surface area contributed by atoms with Crippen LogP contribution in [0.4, 0.5) is 0 Å². The van der Waals surface area contributed by atoms with Gasteiger partial charge in [-0.15, -0.1) is 10.1 Å². The number of aliphatic carboxylic acids is 1. The summed E-state index contributed by atoms with van der Waals surface area (Å²) in [4.78, 5) is 96.8. The molecule has 2 unspecified atom stereocenters. The summed E-state index contributed by atoms with van der Waals surface area (Å²) in [5.41, 5.74) is -3.44. The Morgan fingerprint density at radius 2 is 1.31 bits per heavy atom. The molecule has 0 aliphatic heterocycles. The third-order valence-corrected chi connectivity index (χ3v) is 4.64. The van der Waals surface area contributed by atoms with Gasteiger partial charge >= 0.3 is 265 Å². The van der Waals surface area contributed by atoms with Gasteiger partial charge in [0.05, 0.1) is 12.8 Å². The molecule has 0 aromatic rings. The van der Waals surface area contributed by atoms with Crippen molar-refractivity contribution in [1.29, 1.82) is 0 Å². The normalized spacial score (nSPS) is 11.0. The Labute approximate surface area is 442 Å². The molecule has 0 rings (SSSR count). The van der Waals surface area contributed by atoms with Crippen LogP contribution in [0.3, 0.4) is 0 Å². The van der Waals surface area contributed by atoms with Crippen molar-refractivity contribution >= 4 is 124 Å². The number of carbonyl (C=O) groups excluding carboxylic acids is 4. The van der Waals surface area contributed by atoms with Crippen LogP contribution in [0.15, 0.2) is 0 Å². The number of ether oxygens (including phenoxy) is 2. The van der Waals surface area contributed by atoms with Gasteiger partial charge < -0.3 is 74.7 Å². The number of hydrogen-bond donors (Lipinski definition) is 4. The Morgan fingerprint density at radius 1 is 0.929 bits per heavy atom. The molecule has 0 saturated carbocycles. The average molecular weight is 819 g/mol. The van der Waals surface area contributed by atoms with Crippen LogP contribution in [0.25, 0.3) is 0 Å². The van der Waals surface area contributed by atoms with Crippen molar-refractivity contribution in [2.45, 2.75) is 25.4 Å². The number of rotatable bonds is 12. The fourth-order valence-corrected chi connectivity index (χ4v) is 3.15. The van der Waals surface area contributed by atoms with Crippen molar-refractivity contribution in [2.75, 3.05) is 6.61 Å². The second kappa shape index (κ2) is 39.5. The molecule has 32 heteroatoms. The van der Waals surface area contributed by atoms with Gasteiger partial charge in [0, 0.05) is 6.92 Å². The van der Waals surface area contributed by atoms with Crippen molar-refractivity contribution in [2.24, 2.45) is 0 Å². The Morgan fingerprint density at radius 3 is 1.62 bits per heavy atom. The molecule has 42 heavy (non-hydrogen) atoms. The minimum absolute atomic E-state index is 0. The van der Waals surface area contributed by atoms with E-state index in [0.717, 1.165) is 6.92 Å². The summed E-state index contributed by atoms with van der Waals surface area (Å²) in [6.07, 6.45) is -3.52. The number of phosphoric ester groups is 1. The van der Waals surface area contributed by atoms with Gasteiger partial charge in [0.1, 0.15) is 0 Å². The van der Waals surface area contributed by atoms with E-state index in [9.17, 15) is 48.3 Å². The molecule has 0 radical (unpaired) electrons. The minimum atomic E-state index is -5.83. The minimum Gasteiger partial charge on any atom is -1.00 e. The summed E-state index contributed by atoms with van der Waals surface area (Å²) in [7, 11) is -11.5. The summed E-state index contributed by atoms with van der Waals surface area (Å²) in [5.74, 6) is -8.73. The van der Waals surface area contributed by atoms with Crippen molar-refractivity contribution in [3.05, 3.63) is 10.1 Å². The molecule has 4 N–H and O–H groups in total. The Hall–Kier alpha value is 5.71. The fraction of sp³-hybridized carbons (Fsp3) is 0.500. The molecule has 0 spiro atoms. The predicted molar refractivity (Wildman–Crippen MR) is 113 cm³/mol. The smallest absolute Gasteiger partial charge is 1.00 e. The van der Waals surface area contributed by atoms with Crippen LogP contribution >= 0.6 is 15.6 Å². The first kappa shape index (κ1) is 81.6. The van der Waals surface area contributed by atoms with Gasteiger partial charge in [-0.3, -0.25) is 24.1 Å². The molecule has 0 aliphatic rings. The number of carboxylic acids is 1. The Bertz CT molecular complexity index is 949. The molecule has 0 saturated heterocycles. The third-order valence-electron chi connectivity index (χ3n) is 2.53. The predicted octanol–water partition coefficient (Wildman–Crippen LogP) is -27.1. The second-order valence-corrected chi connectivity index (χ2v) is 7.85. The first-order valence-corrected chi connectivity index (χ1v) is 10.2. The first-order valence-electron chi connectivity index (χ1n) is 7.13. The summed E-state index contributed by atoms with van der Waals surface area (Å²) in [5, 5.41) is 18.0. The maximum absolute atomic E-state index is 11.7. The monoisotopic (exact) mass is 817 g/mol. The zero-order chi connectivity index (χ0) is 24.6. The molecule has 19 nitrogen and oxygen atoms in total.